The minimum absolute atomic E-state index is 0.0674. The molecule has 0 amide bonds. The first-order valence-corrected chi connectivity index (χ1v) is 7.23. The third kappa shape index (κ3) is 4.23. The van der Waals surface area contributed by atoms with Gasteiger partial charge in [-0.15, -0.1) is 0 Å². The van der Waals surface area contributed by atoms with Crippen LogP contribution in [-0.4, -0.2) is 31.8 Å². The molecule has 0 aromatic heterocycles. The molecule has 0 bridgehead atoms. The molecule has 0 spiro atoms. The van der Waals surface area contributed by atoms with Crippen LogP contribution < -0.4 is 10.2 Å². The molecule has 6 nitrogen and oxygen atoms in total. The van der Waals surface area contributed by atoms with Crippen molar-refractivity contribution in [1.29, 1.82) is 0 Å². The van der Waals surface area contributed by atoms with E-state index in [4.69, 9.17) is 9.47 Å². The van der Waals surface area contributed by atoms with Crippen LogP contribution in [0.4, 0.5) is 24.5 Å². The van der Waals surface area contributed by atoms with Gasteiger partial charge in [-0.2, -0.15) is 13.2 Å². The lowest BCUT2D eigenvalue weighted by Gasteiger charge is -2.29. The predicted octanol–water partition coefficient (Wildman–Crippen LogP) is 2.90. The van der Waals surface area contributed by atoms with Crippen molar-refractivity contribution in [2.75, 3.05) is 24.3 Å². The standard InChI is InChI=1S/C16H17F3N2O4/c1-15(2)24-13(22)10(14(23)25-15)8-20-11-7-9(16(17,18)19)5-6-12(11)21(3)4/h5-8,20H,1-4H3. The summed E-state index contributed by atoms with van der Waals surface area (Å²) in [5.74, 6) is -3.24. The third-order valence-electron chi connectivity index (χ3n) is 3.29. The fourth-order valence-electron chi connectivity index (χ4n) is 2.15. The van der Waals surface area contributed by atoms with Gasteiger partial charge < -0.3 is 19.7 Å². The number of carbonyl (C=O) groups excluding carboxylic acids is 2. The zero-order valence-electron chi connectivity index (χ0n) is 14.0. The van der Waals surface area contributed by atoms with Crippen molar-refractivity contribution in [1.82, 2.24) is 0 Å². The van der Waals surface area contributed by atoms with Gasteiger partial charge in [0.05, 0.1) is 16.9 Å². The number of halogens is 3. The van der Waals surface area contributed by atoms with Crippen LogP contribution in [0.25, 0.3) is 0 Å². The number of esters is 2. The highest BCUT2D eigenvalue weighted by Crippen LogP contribution is 2.35. The van der Waals surface area contributed by atoms with Crippen LogP contribution in [0.3, 0.4) is 0 Å². The zero-order chi connectivity index (χ0) is 19.0. The van der Waals surface area contributed by atoms with Crippen molar-refractivity contribution in [3.05, 3.63) is 35.5 Å². The van der Waals surface area contributed by atoms with E-state index in [-0.39, 0.29) is 5.69 Å². The van der Waals surface area contributed by atoms with E-state index in [2.05, 4.69) is 5.32 Å². The average Bonchev–Trinajstić information content (AvgIpc) is 2.43. The Morgan fingerprint density at radius 2 is 1.68 bits per heavy atom. The van der Waals surface area contributed by atoms with Gasteiger partial charge >= 0.3 is 18.1 Å². The van der Waals surface area contributed by atoms with Crippen molar-refractivity contribution in [3.8, 4) is 0 Å². The van der Waals surface area contributed by atoms with Crippen LogP contribution in [0.5, 0.6) is 0 Å². The predicted molar refractivity (Wildman–Crippen MR) is 83.7 cm³/mol. The van der Waals surface area contributed by atoms with Gasteiger partial charge in [0.15, 0.2) is 5.57 Å². The van der Waals surface area contributed by atoms with E-state index in [9.17, 15) is 22.8 Å². The monoisotopic (exact) mass is 358 g/mol. The summed E-state index contributed by atoms with van der Waals surface area (Å²) in [5, 5.41) is 2.56. The minimum atomic E-state index is -4.53. The molecule has 0 aliphatic carbocycles. The van der Waals surface area contributed by atoms with Gasteiger partial charge in [0, 0.05) is 34.1 Å². The molecule has 0 unspecified atom stereocenters. The molecule has 2 rings (SSSR count). The maximum absolute atomic E-state index is 12.9. The number of nitrogens with one attached hydrogen (secondary N) is 1. The van der Waals surface area contributed by atoms with Gasteiger partial charge in [0.2, 0.25) is 0 Å². The Bertz CT molecular complexity index is 717. The first-order valence-electron chi connectivity index (χ1n) is 7.23. The number of ether oxygens (including phenoxy) is 2. The zero-order valence-corrected chi connectivity index (χ0v) is 14.0. The Balaban J connectivity index is 2.36. The molecule has 136 valence electrons. The lowest BCUT2D eigenvalue weighted by molar-refractivity contribution is -0.222. The molecule has 1 fully saturated rings. The molecule has 9 heteroatoms. The van der Waals surface area contributed by atoms with Crippen LogP contribution >= 0.6 is 0 Å². The van der Waals surface area contributed by atoms with E-state index in [1.807, 2.05) is 0 Å². The normalized spacial score (nSPS) is 16.8. The Morgan fingerprint density at radius 1 is 1.12 bits per heavy atom. The molecule has 1 saturated heterocycles. The smallest absolute Gasteiger partial charge is 0.416 e. The van der Waals surface area contributed by atoms with Crippen molar-refractivity contribution in [2.45, 2.75) is 25.8 Å². The molecule has 0 radical (unpaired) electrons. The molecule has 1 aliphatic rings. The summed E-state index contributed by atoms with van der Waals surface area (Å²) in [4.78, 5) is 25.3. The number of alkyl halides is 3. The van der Waals surface area contributed by atoms with Crippen LogP contribution in [-0.2, 0) is 25.2 Å². The maximum Gasteiger partial charge on any atom is 0.416 e. The summed E-state index contributed by atoms with van der Waals surface area (Å²) >= 11 is 0. The number of benzene rings is 1. The number of carbonyl (C=O) groups is 2. The number of cyclic esters (lactones) is 2. The van der Waals surface area contributed by atoms with Crippen LogP contribution in [0.15, 0.2) is 30.0 Å². The van der Waals surface area contributed by atoms with E-state index < -0.39 is 35.0 Å². The largest absolute Gasteiger partial charge is 0.419 e. The number of nitrogens with zero attached hydrogens (tertiary/aromatic N) is 1. The quantitative estimate of drug-likeness (QED) is 0.509. The second-order valence-corrected chi connectivity index (χ2v) is 6.01. The van der Waals surface area contributed by atoms with Gasteiger partial charge in [-0.05, 0) is 18.2 Å². The highest BCUT2D eigenvalue weighted by molar-refractivity contribution is 6.15. The van der Waals surface area contributed by atoms with Gasteiger partial charge in [-0.1, -0.05) is 0 Å². The molecule has 1 heterocycles. The Labute approximate surface area is 142 Å². The molecule has 1 aromatic rings. The second kappa shape index (κ2) is 6.30. The van der Waals surface area contributed by atoms with Crippen LogP contribution in [0.1, 0.15) is 19.4 Å². The van der Waals surface area contributed by atoms with Crippen molar-refractivity contribution in [3.63, 3.8) is 0 Å². The Hall–Kier alpha value is -2.71. The van der Waals surface area contributed by atoms with Gasteiger partial charge in [-0.25, -0.2) is 9.59 Å². The summed E-state index contributed by atoms with van der Waals surface area (Å²) in [7, 11) is 3.29. The molecule has 1 aromatic carbocycles. The second-order valence-electron chi connectivity index (χ2n) is 6.01. The fraction of sp³-hybridized carbons (Fsp3) is 0.375. The summed E-state index contributed by atoms with van der Waals surface area (Å²) in [6, 6.07) is 3.11. The van der Waals surface area contributed by atoms with Crippen molar-refractivity contribution < 1.29 is 32.2 Å². The van der Waals surface area contributed by atoms with E-state index in [0.29, 0.717) is 5.69 Å². The highest BCUT2D eigenvalue weighted by atomic mass is 19.4. The van der Waals surface area contributed by atoms with E-state index >= 15 is 0 Å². The molecular weight excluding hydrogens is 341 g/mol. The van der Waals surface area contributed by atoms with Crippen molar-refractivity contribution in [2.24, 2.45) is 0 Å². The van der Waals surface area contributed by atoms with Crippen LogP contribution in [0, 0.1) is 0 Å². The summed E-state index contributed by atoms with van der Waals surface area (Å²) in [6.45, 7) is 2.79. The number of hydrogen-bond donors (Lipinski definition) is 1. The third-order valence-corrected chi connectivity index (χ3v) is 3.29. The van der Waals surface area contributed by atoms with Gasteiger partial charge in [-0.3, -0.25) is 0 Å². The first kappa shape index (κ1) is 18.6. The summed E-state index contributed by atoms with van der Waals surface area (Å²) in [6.07, 6.45) is -3.55. The maximum atomic E-state index is 12.9. The number of hydrogen-bond acceptors (Lipinski definition) is 6. The summed E-state index contributed by atoms with van der Waals surface area (Å²) < 4.78 is 48.5. The molecule has 0 atom stereocenters. The average molecular weight is 358 g/mol. The molecule has 0 saturated carbocycles. The lowest BCUT2D eigenvalue weighted by atomic mass is 10.1. The topological polar surface area (TPSA) is 67.9 Å². The van der Waals surface area contributed by atoms with E-state index in [1.54, 1.807) is 19.0 Å². The molecule has 1 aliphatic heterocycles. The van der Waals surface area contributed by atoms with E-state index in [0.717, 1.165) is 18.3 Å². The number of rotatable bonds is 3. The van der Waals surface area contributed by atoms with Crippen molar-refractivity contribution >= 4 is 23.3 Å². The van der Waals surface area contributed by atoms with Gasteiger partial charge in [0.25, 0.3) is 5.79 Å². The lowest BCUT2D eigenvalue weighted by Crippen LogP contribution is -2.42. The molecule has 1 N–H and O–H groups in total. The molecular formula is C16H17F3N2O4. The van der Waals surface area contributed by atoms with Gasteiger partial charge in [0.1, 0.15) is 0 Å². The van der Waals surface area contributed by atoms with E-state index in [1.165, 1.54) is 19.9 Å². The summed E-state index contributed by atoms with van der Waals surface area (Å²) in [5.41, 5.74) is -0.809. The Kier molecular flexibility index (Phi) is 4.70. The Morgan fingerprint density at radius 3 is 2.16 bits per heavy atom. The highest BCUT2D eigenvalue weighted by Gasteiger charge is 2.39. The number of anilines is 2. The minimum Gasteiger partial charge on any atom is -0.419 e. The fourth-order valence-corrected chi connectivity index (χ4v) is 2.15. The van der Waals surface area contributed by atoms with Crippen LogP contribution in [0.2, 0.25) is 0 Å². The molecule has 25 heavy (non-hydrogen) atoms. The SMILES string of the molecule is CN(C)c1ccc(C(F)(F)F)cc1NC=C1C(=O)OC(C)(C)OC1=O. The first-order chi connectivity index (χ1) is 11.4.